The molecule has 2 rings (SSSR count). The normalized spacial score (nSPS) is 10.3. The van der Waals surface area contributed by atoms with Crippen LogP contribution in [0.3, 0.4) is 0 Å². The number of hydrogen-bond donors (Lipinski definition) is 2. The number of amides is 1. The highest BCUT2D eigenvalue weighted by atomic mass is 35.5. The maximum absolute atomic E-state index is 13.7. The molecule has 0 saturated carbocycles. The number of carbonyl (C=O) groups is 1. The SMILES string of the molecule is CC(=O)Nc1cc(-c2ccccc2S)c(Cl)cc1F. The summed E-state index contributed by atoms with van der Waals surface area (Å²) in [5.41, 5.74) is 1.50. The largest absolute Gasteiger partial charge is 0.324 e. The molecule has 0 aliphatic heterocycles. The van der Waals surface area contributed by atoms with Gasteiger partial charge in [0.05, 0.1) is 10.7 Å². The number of thiol groups is 1. The number of hydrogen-bond acceptors (Lipinski definition) is 2. The standard InChI is InChI=1S/C14H11ClFNOS/c1-8(18)17-13-6-10(11(15)7-12(13)16)9-4-2-3-5-14(9)19/h2-7,19H,1H3,(H,17,18). The predicted molar refractivity (Wildman–Crippen MR) is 78.4 cm³/mol. The minimum atomic E-state index is -0.569. The average Bonchev–Trinajstić information content (AvgIpc) is 2.33. The van der Waals surface area contributed by atoms with E-state index in [4.69, 9.17) is 11.6 Å². The van der Waals surface area contributed by atoms with Crippen molar-refractivity contribution in [2.75, 3.05) is 5.32 Å². The third-order valence-corrected chi connectivity index (χ3v) is 3.26. The van der Waals surface area contributed by atoms with Gasteiger partial charge in [-0.2, -0.15) is 0 Å². The summed E-state index contributed by atoms with van der Waals surface area (Å²) in [6, 6.07) is 10.0. The summed E-state index contributed by atoms with van der Waals surface area (Å²) in [6.07, 6.45) is 0. The number of rotatable bonds is 2. The van der Waals surface area contributed by atoms with E-state index in [9.17, 15) is 9.18 Å². The molecule has 2 aromatic carbocycles. The van der Waals surface area contributed by atoms with Crippen LogP contribution in [0.4, 0.5) is 10.1 Å². The number of halogens is 2. The fourth-order valence-electron chi connectivity index (χ4n) is 1.74. The van der Waals surface area contributed by atoms with Crippen molar-refractivity contribution in [1.82, 2.24) is 0 Å². The number of benzene rings is 2. The second kappa shape index (κ2) is 5.63. The molecule has 19 heavy (non-hydrogen) atoms. The van der Waals surface area contributed by atoms with Crippen LogP contribution in [0.1, 0.15) is 6.92 Å². The van der Waals surface area contributed by atoms with Gasteiger partial charge in [0, 0.05) is 17.4 Å². The van der Waals surface area contributed by atoms with E-state index in [0.29, 0.717) is 5.56 Å². The van der Waals surface area contributed by atoms with Gasteiger partial charge in [0.15, 0.2) is 0 Å². The van der Waals surface area contributed by atoms with Crippen molar-refractivity contribution in [2.24, 2.45) is 0 Å². The molecule has 1 N–H and O–H groups in total. The van der Waals surface area contributed by atoms with Gasteiger partial charge in [-0.3, -0.25) is 4.79 Å². The minimum Gasteiger partial charge on any atom is -0.324 e. The molecule has 5 heteroatoms. The van der Waals surface area contributed by atoms with Crippen LogP contribution in [-0.4, -0.2) is 5.91 Å². The molecule has 0 fully saturated rings. The van der Waals surface area contributed by atoms with E-state index in [1.54, 1.807) is 0 Å². The van der Waals surface area contributed by atoms with Gasteiger partial charge in [0.1, 0.15) is 5.82 Å². The fraction of sp³-hybridized carbons (Fsp3) is 0.0714. The summed E-state index contributed by atoms with van der Waals surface area (Å²) >= 11 is 10.4. The van der Waals surface area contributed by atoms with Crippen LogP contribution < -0.4 is 5.32 Å². The van der Waals surface area contributed by atoms with Gasteiger partial charge in [-0.15, -0.1) is 12.6 Å². The van der Waals surface area contributed by atoms with Gasteiger partial charge in [0.2, 0.25) is 5.91 Å². The topological polar surface area (TPSA) is 29.1 Å². The van der Waals surface area contributed by atoms with E-state index in [2.05, 4.69) is 17.9 Å². The van der Waals surface area contributed by atoms with E-state index in [1.807, 2.05) is 24.3 Å². The lowest BCUT2D eigenvalue weighted by Crippen LogP contribution is -2.07. The molecular formula is C14H11ClFNOS. The summed E-state index contributed by atoms with van der Waals surface area (Å²) in [5, 5.41) is 2.70. The highest BCUT2D eigenvalue weighted by Crippen LogP contribution is 2.35. The molecule has 0 heterocycles. The van der Waals surface area contributed by atoms with Gasteiger partial charge >= 0.3 is 0 Å². The molecule has 0 spiro atoms. The highest BCUT2D eigenvalue weighted by Gasteiger charge is 2.12. The van der Waals surface area contributed by atoms with Crippen molar-refractivity contribution >= 4 is 35.8 Å². The zero-order valence-corrected chi connectivity index (χ0v) is 11.7. The summed E-state index contributed by atoms with van der Waals surface area (Å²) in [6.45, 7) is 1.32. The van der Waals surface area contributed by atoms with Crippen LogP contribution in [0.5, 0.6) is 0 Å². The summed E-state index contributed by atoms with van der Waals surface area (Å²) < 4.78 is 13.7. The van der Waals surface area contributed by atoms with E-state index < -0.39 is 5.82 Å². The fourth-order valence-corrected chi connectivity index (χ4v) is 2.28. The minimum absolute atomic E-state index is 0.100. The van der Waals surface area contributed by atoms with Crippen molar-refractivity contribution in [2.45, 2.75) is 11.8 Å². The van der Waals surface area contributed by atoms with E-state index in [0.717, 1.165) is 10.5 Å². The smallest absolute Gasteiger partial charge is 0.221 e. The van der Waals surface area contributed by atoms with Crippen molar-refractivity contribution in [1.29, 1.82) is 0 Å². The molecule has 98 valence electrons. The first-order chi connectivity index (χ1) is 8.99. The van der Waals surface area contributed by atoms with E-state index in [1.165, 1.54) is 19.1 Å². The molecule has 0 saturated heterocycles. The molecule has 2 aromatic rings. The Balaban J connectivity index is 2.58. The summed E-state index contributed by atoms with van der Waals surface area (Å²) in [5.74, 6) is -0.910. The van der Waals surface area contributed by atoms with Crippen LogP contribution >= 0.6 is 24.2 Å². The number of nitrogens with one attached hydrogen (secondary N) is 1. The Morgan fingerprint density at radius 3 is 2.58 bits per heavy atom. The molecule has 0 unspecified atom stereocenters. The second-order valence-electron chi connectivity index (χ2n) is 4.01. The zero-order chi connectivity index (χ0) is 14.0. The summed E-state index contributed by atoms with van der Waals surface area (Å²) in [7, 11) is 0. The summed E-state index contributed by atoms with van der Waals surface area (Å²) in [4.78, 5) is 11.8. The Kier molecular flexibility index (Phi) is 4.12. The van der Waals surface area contributed by atoms with Crippen molar-refractivity contribution in [3.05, 3.63) is 47.2 Å². The second-order valence-corrected chi connectivity index (χ2v) is 4.90. The van der Waals surface area contributed by atoms with Crippen molar-refractivity contribution in [3.63, 3.8) is 0 Å². The quantitative estimate of drug-likeness (QED) is 0.790. The van der Waals surface area contributed by atoms with Gasteiger partial charge in [-0.05, 0) is 23.8 Å². The lowest BCUT2D eigenvalue weighted by molar-refractivity contribution is -0.114. The van der Waals surface area contributed by atoms with Crippen molar-refractivity contribution < 1.29 is 9.18 Å². The molecule has 0 atom stereocenters. The molecule has 0 aromatic heterocycles. The maximum atomic E-state index is 13.7. The lowest BCUT2D eigenvalue weighted by atomic mass is 10.0. The Labute approximate surface area is 121 Å². The Morgan fingerprint density at radius 1 is 1.26 bits per heavy atom. The zero-order valence-electron chi connectivity index (χ0n) is 10.1. The maximum Gasteiger partial charge on any atom is 0.221 e. The van der Waals surface area contributed by atoms with Crippen LogP contribution in [0.2, 0.25) is 5.02 Å². The monoisotopic (exact) mass is 295 g/mol. The molecule has 2 nitrogen and oxygen atoms in total. The van der Waals surface area contributed by atoms with Gasteiger partial charge in [-0.1, -0.05) is 29.8 Å². The van der Waals surface area contributed by atoms with Crippen LogP contribution in [0, 0.1) is 5.82 Å². The first kappa shape index (κ1) is 13.9. The number of carbonyl (C=O) groups excluding carboxylic acids is 1. The van der Waals surface area contributed by atoms with E-state index >= 15 is 0 Å². The molecule has 0 aliphatic rings. The van der Waals surface area contributed by atoms with Gasteiger partial charge in [-0.25, -0.2) is 4.39 Å². The van der Waals surface area contributed by atoms with Crippen molar-refractivity contribution in [3.8, 4) is 11.1 Å². The highest BCUT2D eigenvalue weighted by molar-refractivity contribution is 7.80. The third-order valence-electron chi connectivity index (χ3n) is 2.56. The van der Waals surface area contributed by atoms with Crippen LogP contribution in [-0.2, 0) is 4.79 Å². The van der Waals surface area contributed by atoms with Gasteiger partial charge < -0.3 is 5.32 Å². The average molecular weight is 296 g/mol. The Hall–Kier alpha value is -1.52. The predicted octanol–water partition coefficient (Wildman–Crippen LogP) is 4.39. The van der Waals surface area contributed by atoms with E-state index in [-0.39, 0.29) is 16.6 Å². The van der Waals surface area contributed by atoms with Crippen LogP contribution in [0.15, 0.2) is 41.3 Å². The molecule has 0 bridgehead atoms. The lowest BCUT2D eigenvalue weighted by Gasteiger charge is -2.11. The first-order valence-corrected chi connectivity index (χ1v) is 6.36. The number of anilines is 1. The Bertz CT molecular complexity index is 645. The third kappa shape index (κ3) is 3.08. The Morgan fingerprint density at radius 2 is 1.95 bits per heavy atom. The van der Waals surface area contributed by atoms with Gasteiger partial charge in [0.25, 0.3) is 0 Å². The molecule has 0 aliphatic carbocycles. The first-order valence-electron chi connectivity index (χ1n) is 5.54. The molecule has 1 amide bonds. The molecule has 0 radical (unpaired) electrons. The van der Waals surface area contributed by atoms with Crippen LogP contribution in [0.25, 0.3) is 11.1 Å². The molecular weight excluding hydrogens is 285 g/mol.